The van der Waals surface area contributed by atoms with Crippen molar-refractivity contribution in [2.24, 2.45) is 7.05 Å². The van der Waals surface area contributed by atoms with Gasteiger partial charge in [-0.3, -0.25) is 4.79 Å². The number of nitrogens with zero attached hydrogens (tertiary/aromatic N) is 1. The first-order valence-electron chi connectivity index (χ1n) is 7.53. The summed E-state index contributed by atoms with van der Waals surface area (Å²) in [6.45, 7) is 3.46. The summed E-state index contributed by atoms with van der Waals surface area (Å²) in [5, 5.41) is 4.64. The quantitative estimate of drug-likeness (QED) is 0.659. The molecule has 1 heterocycles. The van der Waals surface area contributed by atoms with Gasteiger partial charge in [0.2, 0.25) is 5.91 Å². The molecule has 0 fully saturated rings. The number of hydrogen-bond acceptors (Lipinski definition) is 1. The fourth-order valence-corrected chi connectivity index (χ4v) is 2.71. The van der Waals surface area contributed by atoms with Crippen molar-refractivity contribution in [2.45, 2.75) is 0 Å². The van der Waals surface area contributed by atoms with Crippen LogP contribution in [0.4, 0.5) is 5.69 Å². The maximum absolute atomic E-state index is 11.4. The van der Waals surface area contributed by atoms with Crippen molar-refractivity contribution >= 4 is 46.3 Å². The molecule has 0 aliphatic heterocycles. The fraction of sp³-hybridized carbons (Fsp3) is 0.0500. The molecule has 2 aromatic carbocycles. The normalized spacial score (nSPS) is 11.1. The minimum absolute atomic E-state index is 0.216. The van der Waals surface area contributed by atoms with Crippen LogP contribution < -0.4 is 5.32 Å². The molecule has 0 spiro atoms. The van der Waals surface area contributed by atoms with E-state index in [1.54, 1.807) is 0 Å². The molecule has 4 heteroatoms. The van der Waals surface area contributed by atoms with E-state index in [1.807, 2.05) is 54.1 Å². The summed E-state index contributed by atoms with van der Waals surface area (Å²) < 4.78 is 2.04. The zero-order valence-corrected chi connectivity index (χ0v) is 14.0. The van der Waals surface area contributed by atoms with Crippen molar-refractivity contribution in [2.75, 3.05) is 5.32 Å². The maximum atomic E-state index is 11.4. The zero-order valence-electron chi connectivity index (χ0n) is 13.3. The Balaban J connectivity index is 1.93. The van der Waals surface area contributed by atoms with Crippen LogP contribution in [0.2, 0.25) is 5.02 Å². The van der Waals surface area contributed by atoms with E-state index in [0.717, 1.165) is 32.7 Å². The molecule has 0 bridgehead atoms. The van der Waals surface area contributed by atoms with E-state index < -0.39 is 0 Å². The number of hydrogen-bond donors (Lipinski definition) is 1. The predicted molar refractivity (Wildman–Crippen MR) is 102 cm³/mol. The molecule has 24 heavy (non-hydrogen) atoms. The summed E-state index contributed by atoms with van der Waals surface area (Å²) in [6, 6.07) is 13.6. The molecule has 0 atom stereocenters. The van der Waals surface area contributed by atoms with Gasteiger partial charge in [0.15, 0.2) is 0 Å². The standard InChI is InChI=1S/C20H17ClN2O/c1-3-20(24)22-17-10-11-18-15(13-23(2)19(18)12-17)7-4-14-5-8-16(21)9-6-14/h3-13H,1H2,2H3,(H,22,24)/b7-4+. The molecule has 1 N–H and O–H groups in total. The first kappa shape index (κ1) is 16.1. The first-order chi connectivity index (χ1) is 11.6. The Morgan fingerprint density at radius 1 is 1.17 bits per heavy atom. The molecule has 0 unspecified atom stereocenters. The van der Waals surface area contributed by atoms with Gasteiger partial charge in [0.05, 0.1) is 5.52 Å². The van der Waals surface area contributed by atoms with Crippen LogP contribution in [0.5, 0.6) is 0 Å². The number of rotatable bonds is 4. The van der Waals surface area contributed by atoms with E-state index in [4.69, 9.17) is 11.6 Å². The number of aromatic nitrogens is 1. The summed E-state index contributed by atoms with van der Waals surface area (Å²) in [5.41, 5.74) is 4.00. The Labute approximate surface area is 145 Å². The smallest absolute Gasteiger partial charge is 0.247 e. The highest BCUT2D eigenvalue weighted by molar-refractivity contribution is 6.30. The van der Waals surface area contributed by atoms with Crippen LogP contribution in [-0.4, -0.2) is 10.5 Å². The highest BCUT2D eigenvalue weighted by Crippen LogP contribution is 2.26. The van der Waals surface area contributed by atoms with Gasteiger partial charge in [-0.15, -0.1) is 0 Å². The lowest BCUT2D eigenvalue weighted by atomic mass is 10.1. The molecule has 0 aliphatic carbocycles. The van der Waals surface area contributed by atoms with Gasteiger partial charge in [-0.1, -0.05) is 48.5 Å². The molecule has 0 saturated carbocycles. The summed E-state index contributed by atoms with van der Waals surface area (Å²) in [5.74, 6) is -0.216. The van der Waals surface area contributed by atoms with Crippen LogP contribution in [-0.2, 0) is 11.8 Å². The van der Waals surface area contributed by atoms with Crippen molar-refractivity contribution in [1.82, 2.24) is 4.57 Å². The van der Waals surface area contributed by atoms with Gasteiger partial charge >= 0.3 is 0 Å². The second-order valence-electron chi connectivity index (χ2n) is 5.51. The van der Waals surface area contributed by atoms with Gasteiger partial charge in [0.1, 0.15) is 0 Å². The van der Waals surface area contributed by atoms with Gasteiger partial charge in [-0.2, -0.15) is 0 Å². The van der Waals surface area contributed by atoms with Crippen molar-refractivity contribution < 1.29 is 4.79 Å². The molecular formula is C20H17ClN2O. The summed E-state index contributed by atoms with van der Waals surface area (Å²) in [4.78, 5) is 11.4. The molecule has 3 nitrogen and oxygen atoms in total. The van der Waals surface area contributed by atoms with Crippen molar-refractivity contribution in [1.29, 1.82) is 0 Å². The first-order valence-corrected chi connectivity index (χ1v) is 7.91. The topological polar surface area (TPSA) is 34.0 Å². The number of carbonyl (C=O) groups is 1. The number of halogens is 1. The SMILES string of the molecule is C=CC(=O)Nc1ccc2c(/C=C/c3ccc(Cl)cc3)cn(C)c2c1. The maximum Gasteiger partial charge on any atom is 0.247 e. The van der Waals surface area contributed by atoms with Crippen molar-refractivity contribution in [3.8, 4) is 0 Å². The lowest BCUT2D eigenvalue weighted by Gasteiger charge is -2.03. The lowest BCUT2D eigenvalue weighted by Crippen LogP contribution is -2.07. The Bertz CT molecular complexity index is 936. The third-order valence-corrected chi connectivity index (χ3v) is 4.05. The van der Waals surface area contributed by atoms with E-state index >= 15 is 0 Å². The van der Waals surface area contributed by atoms with E-state index in [2.05, 4.69) is 30.2 Å². The number of anilines is 1. The van der Waals surface area contributed by atoms with Crippen LogP contribution >= 0.6 is 11.6 Å². The third-order valence-electron chi connectivity index (χ3n) is 3.80. The van der Waals surface area contributed by atoms with E-state index in [-0.39, 0.29) is 5.91 Å². The number of nitrogens with one attached hydrogen (secondary N) is 1. The van der Waals surface area contributed by atoms with Crippen LogP contribution in [0.15, 0.2) is 61.3 Å². The zero-order chi connectivity index (χ0) is 17.1. The van der Waals surface area contributed by atoms with Crippen LogP contribution in [0.3, 0.4) is 0 Å². The minimum Gasteiger partial charge on any atom is -0.350 e. The molecule has 1 amide bonds. The molecule has 1 aromatic heterocycles. The number of carbonyl (C=O) groups excluding carboxylic acids is 1. The van der Waals surface area contributed by atoms with Gasteiger partial charge in [-0.25, -0.2) is 0 Å². The largest absolute Gasteiger partial charge is 0.350 e. The Morgan fingerprint density at radius 2 is 1.92 bits per heavy atom. The van der Waals surface area contributed by atoms with E-state index in [1.165, 1.54) is 6.08 Å². The fourth-order valence-electron chi connectivity index (χ4n) is 2.58. The Morgan fingerprint density at radius 3 is 2.62 bits per heavy atom. The van der Waals surface area contributed by atoms with Gasteiger partial charge in [0.25, 0.3) is 0 Å². The molecule has 0 aliphatic rings. The number of benzene rings is 2. The second kappa shape index (κ2) is 6.77. The van der Waals surface area contributed by atoms with Crippen LogP contribution in [0.1, 0.15) is 11.1 Å². The van der Waals surface area contributed by atoms with Crippen LogP contribution in [0.25, 0.3) is 23.1 Å². The van der Waals surface area contributed by atoms with Gasteiger partial charge in [0, 0.05) is 29.3 Å². The molecule has 3 aromatic rings. The second-order valence-corrected chi connectivity index (χ2v) is 5.94. The average molecular weight is 337 g/mol. The summed E-state index contributed by atoms with van der Waals surface area (Å²) >= 11 is 5.91. The summed E-state index contributed by atoms with van der Waals surface area (Å²) in [7, 11) is 1.99. The highest BCUT2D eigenvalue weighted by atomic mass is 35.5. The molecule has 3 rings (SSSR count). The van der Waals surface area contributed by atoms with Gasteiger partial charge < -0.3 is 9.88 Å². The highest BCUT2D eigenvalue weighted by Gasteiger charge is 2.06. The average Bonchev–Trinajstić information content (AvgIpc) is 2.90. The van der Waals surface area contributed by atoms with Crippen LogP contribution in [0, 0.1) is 0 Å². The molecule has 0 saturated heterocycles. The number of aryl methyl sites for hydroxylation is 1. The minimum atomic E-state index is -0.216. The Kier molecular flexibility index (Phi) is 4.54. The van der Waals surface area contributed by atoms with E-state index in [9.17, 15) is 4.79 Å². The van der Waals surface area contributed by atoms with Crippen molar-refractivity contribution in [3.05, 3.63) is 77.5 Å². The number of amides is 1. The molecule has 0 radical (unpaired) electrons. The third kappa shape index (κ3) is 3.42. The Hall–Kier alpha value is -2.78. The molecule has 120 valence electrons. The number of fused-ring (bicyclic) bond motifs is 1. The predicted octanol–water partition coefficient (Wildman–Crippen LogP) is 5.13. The lowest BCUT2D eigenvalue weighted by molar-refractivity contribution is -0.111. The molecular weight excluding hydrogens is 320 g/mol. The van der Waals surface area contributed by atoms with Gasteiger partial charge in [-0.05, 0) is 41.5 Å². The monoisotopic (exact) mass is 336 g/mol. The summed E-state index contributed by atoms with van der Waals surface area (Å²) in [6.07, 6.45) is 7.46. The van der Waals surface area contributed by atoms with Crippen molar-refractivity contribution in [3.63, 3.8) is 0 Å². The van der Waals surface area contributed by atoms with E-state index in [0.29, 0.717) is 0 Å².